The molecule has 0 atom stereocenters. The molecule has 24 heavy (non-hydrogen) atoms. The van der Waals surface area contributed by atoms with E-state index >= 15 is 0 Å². The van der Waals surface area contributed by atoms with Gasteiger partial charge in [0.2, 0.25) is 0 Å². The van der Waals surface area contributed by atoms with Crippen LogP contribution in [0, 0.1) is 0 Å². The Morgan fingerprint density at radius 3 is 1.92 bits per heavy atom. The van der Waals surface area contributed by atoms with Crippen molar-refractivity contribution in [1.82, 2.24) is 0 Å². The van der Waals surface area contributed by atoms with Gasteiger partial charge in [-0.2, -0.15) is 0 Å². The number of hydrogen-bond donors (Lipinski definition) is 0. The average Bonchev–Trinajstić information content (AvgIpc) is 2.47. The van der Waals surface area contributed by atoms with E-state index in [0.717, 1.165) is 12.8 Å². The van der Waals surface area contributed by atoms with Gasteiger partial charge in [0.25, 0.3) is 0 Å². The summed E-state index contributed by atoms with van der Waals surface area (Å²) in [7, 11) is 1.34. The van der Waals surface area contributed by atoms with E-state index in [2.05, 4.69) is 33.9 Å². The first kappa shape index (κ1) is 21.6. The summed E-state index contributed by atoms with van der Waals surface area (Å²) >= 11 is 0. The van der Waals surface area contributed by atoms with Crippen LogP contribution in [0.5, 0.6) is 0 Å². The molecule has 1 fully saturated rings. The Kier molecular flexibility index (Phi) is 7.07. The molecular weight excluding hydrogens is 324 g/mol. The molecule has 0 N–H and O–H groups in total. The van der Waals surface area contributed by atoms with E-state index in [1.54, 1.807) is 14.2 Å². The van der Waals surface area contributed by atoms with Crippen LogP contribution in [0.15, 0.2) is 0 Å². The summed E-state index contributed by atoms with van der Waals surface area (Å²) < 4.78 is 23.1. The Morgan fingerprint density at radius 1 is 1.04 bits per heavy atom. The third-order valence-corrected chi connectivity index (χ3v) is 10.3. The Morgan fingerprint density at radius 2 is 1.54 bits per heavy atom. The van der Waals surface area contributed by atoms with Crippen LogP contribution in [0.1, 0.15) is 59.8 Å². The molecule has 1 rings (SSSR count). The molecule has 0 aromatic carbocycles. The first-order chi connectivity index (χ1) is 10.9. The zero-order chi connectivity index (χ0) is 18.6. The number of hydrogen-bond acceptors (Lipinski definition) is 5. The summed E-state index contributed by atoms with van der Waals surface area (Å²) in [6.07, 6.45) is 3.21. The molecule has 1 saturated carbocycles. The van der Waals surface area contributed by atoms with Gasteiger partial charge in [0.1, 0.15) is 0 Å². The van der Waals surface area contributed by atoms with Crippen LogP contribution in [-0.4, -0.2) is 46.5 Å². The van der Waals surface area contributed by atoms with E-state index in [0.29, 0.717) is 25.9 Å². The first-order valence-electron chi connectivity index (χ1n) is 8.91. The second-order valence-electron chi connectivity index (χ2n) is 8.35. The Bertz CT molecular complexity index is 414. The van der Waals surface area contributed by atoms with E-state index < -0.39 is 19.7 Å². The predicted octanol–water partition coefficient (Wildman–Crippen LogP) is 4.26. The molecule has 0 aromatic heterocycles. The predicted molar refractivity (Wildman–Crippen MR) is 97.5 cm³/mol. The van der Waals surface area contributed by atoms with Crippen LogP contribution in [0.2, 0.25) is 18.1 Å². The molecule has 0 radical (unpaired) electrons. The fraction of sp³-hybridized carbons (Fsp3) is 0.944. The van der Waals surface area contributed by atoms with Crippen LogP contribution in [0.4, 0.5) is 0 Å². The van der Waals surface area contributed by atoms with Crippen molar-refractivity contribution in [1.29, 1.82) is 0 Å². The van der Waals surface area contributed by atoms with Crippen LogP contribution in [-0.2, 0) is 23.4 Å². The van der Waals surface area contributed by atoms with Crippen molar-refractivity contribution in [2.45, 2.75) is 89.3 Å². The second kappa shape index (κ2) is 7.85. The van der Waals surface area contributed by atoms with Gasteiger partial charge in [0, 0.05) is 27.1 Å². The van der Waals surface area contributed by atoms with Gasteiger partial charge in [-0.15, -0.1) is 0 Å². The highest BCUT2D eigenvalue weighted by Crippen LogP contribution is 2.47. The standard InChI is InChI=1S/C18H36O5Si/c1-9-22-15(19)14-17(23-24(7,8)16(2,3)4)10-12-18(20-5,21-6)13-11-17/h9-14H2,1-8H3. The van der Waals surface area contributed by atoms with Gasteiger partial charge in [0.15, 0.2) is 14.1 Å². The minimum Gasteiger partial charge on any atom is -0.466 e. The van der Waals surface area contributed by atoms with Crippen molar-refractivity contribution in [3.63, 3.8) is 0 Å². The minimum atomic E-state index is -2.01. The summed E-state index contributed by atoms with van der Waals surface area (Å²) in [5.74, 6) is -0.742. The number of carbonyl (C=O) groups excluding carboxylic acids is 1. The fourth-order valence-electron chi connectivity index (χ4n) is 3.06. The van der Waals surface area contributed by atoms with Crippen molar-refractivity contribution in [3.05, 3.63) is 0 Å². The lowest BCUT2D eigenvalue weighted by molar-refractivity contribution is -0.240. The Hall–Kier alpha value is -0.433. The molecule has 5 nitrogen and oxygen atoms in total. The molecule has 0 saturated heterocycles. The van der Waals surface area contributed by atoms with Crippen molar-refractivity contribution in [2.75, 3.05) is 20.8 Å². The summed E-state index contributed by atoms with van der Waals surface area (Å²) in [5, 5.41) is 0.0890. The van der Waals surface area contributed by atoms with Crippen molar-refractivity contribution >= 4 is 14.3 Å². The van der Waals surface area contributed by atoms with Crippen molar-refractivity contribution < 1.29 is 23.4 Å². The molecule has 0 heterocycles. The number of ether oxygens (including phenoxy) is 3. The van der Waals surface area contributed by atoms with E-state index in [1.807, 2.05) is 6.92 Å². The van der Waals surface area contributed by atoms with Gasteiger partial charge in [-0.25, -0.2) is 0 Å². The summed E-state index contributed by atoms with van der Waals surface area (Å²) in [4.78, 5) is 12.2. The third-order valence-electron chi connectivity index (χ3n) is 5.72. The molecule has 0 aliphatic heterocycles. The van der Waals surface area contributed by atoms with Crippen molar-refractivity contribution in [2.24, 2.45) is 0 Å². The topological polar surface area (TPSA) is 54.0 Å². The van der Waals surface area contributed by atoms with Crippen LogP contribution in [0.25, 0.3) is 0 Å². The lowest BCUT2D eigenvalue weighted by Crippen LogP contribution is -2.54. The number of rotatable bonds is 7. The van der Waals surface area contributed by atoms with Gasteiger partial charge in [-0.3, -0.25) is 4.79 Å². The molecule has 142 valence electrons. The van der Waals surface area contributed by atoms with E-state index in [4.69, 9.17) is 18.6 Å². The first-order valence-corrected chi connectivity index (χ1v) is 11.8. The molecule has 1 aliphatic carbocycles. The molecule has 0 aromatic rings. The van der Waals surface area contributed by atoms with Gasteiger partial charge < -0.3 is 18.6 Å². The van der Waals surface area contributed by atoms with E-state index in [1.165, 1.54) is 0 Å². The van der Waals surface area contributed by atoms with Crippen molar-refractivity contribution in [3.8, 4) is 0 Å². The summed E-state index contributed by atoms with van der Waals surface area (Å²) in [6.45, 7) is 13.3. The van der Waals surface area contributed by atoms with E-state index in [-0.39, 0.29) is 11.0 Å². The van der Waals surface area contributed by atoms with Gasteiger partial charge >= 0.3 is 5.97 Å². The highest BCUT2D eigenvalue weighted by atomic mass is 28.4. The Balaban J connectivity index is 3.01. The smallest absolute Gasteiger partial charge is 0.308 e. The monoisotopic (exact) mass is 360 g/mol. The highest BCUT2D eigenvalue weighted by Gasteiger charge is 2.50. The minimum absolute atomic E-state index is 0.0890. The SMILES string of the molecule is CCOC(=O)CC1(O[Si](C)(C)C(C)(C)C)CCC(OC)(OC)CC1. The second-order valence-corrected chi connectivity index (χ2v) is 13.1. The zero-order valence-electron chi connectivity index (χ0n) is 16.8. The fourth-order valence-corrected chi connectivity index (χ4v) is 4.73. The lowest BCUT2D eigenvalue weighted by Gasteiger charge is -2.50. The molecular formula is C18H36O5Si. The van der Waals surface area contributed by atoms with Crippen LogP contribution in [0.3, 0.4) is 0 Å². The lowest BCUT2D eigenvalue weighted by atomic mass is 9.79. The van der Waals surface area contributed by atoms with Crippen LogP contribution >= 0.6 is 0 Å². The largest absolute Gasteiger partial charge is 0.466 e. The average molecular weight is 361 g/mol. The molecule has 6 heteroatoms. The molecule has 0 spiro atoms. The third kappa shape index (κ3) is 5.03. The number of methoxy groups -OCH3 is 2. The van der Waals surface area contributed by atoms with Gasteiger partial charge in [-0.05, 0) is 37.9 Å². The zero-order valence-corrected chi connectivity index (χ0v) is 17.8. The quantitative estimate of drug-likeness (QED) is 0.386. The van der Waals surface area contributed by atoms with Gasteiger partial charge in [0.05, 0.1) is 18.6 Å². The van der Waals surface area contributed by atoms with Gasteiger partial charge in [-0.1, -0.05) is 20.8 Å². The Labute approximate surface area is 148 Å². The summed E-state index contributed by atoms with van der Waals surface area (Å²) in [6, 6.07) is 0. The summed E-state index contributed by atoms with van der Waals surface area (Å²) in [5.41, 5.74) is -0.476. The molecule has 0 bridgehead atoms. The highest BCUT2D eigenvalue weighted by molar-refractivity contribution is 6.74. The number of esters is 1. The maximum absolute atomic E-state index is 12.2. The van der Waals surface area contributed by atoms with Crippen LogP contribution < -0.4 is 0 Å². The molecule has 0 amide bonds. The maximum Gasteiger partial charge on any atom is 0.308 e. The maximum atomic E-state index is 12.2. The number of carbonyl (C=O) groups is 1. The molecule has 1 aliphatic rings. The molecule has 0 unspecified atom stereocenters. The normalized spacial score (nSPS) is 20.7. The van der Waals surface area contributed by atoms with E-state index in [9.17, 15) is 4.79 Å².